The summed E-state index contributed by atoms with van der Waals surface area (Å²) in [6.07, 6.45) is 5.66. The molecule has 7 nitrogen and oxygen atoms in total. The molecule has 7 heteroatoms. The zero-order valence-electron chi connectivity index (χ0n) is 12.1. The van der Waals surface area contributed by atoms with Gasteiger partial charge in [-0.2, -0.15) is 0 Å². The summed E-state index contributed by atoms with van der Waals surface area (Å²) in [4.78, 5) is 13.8. The average molecular weight is 294 g/mol. The first-order valence-electron chi connectivity index (χ1n) is 7.62. The van der Waals surface area contributed by atoms with Gasteiger partial charge < -0.3 is 10.5 Å². The van der Waals surface area contributed by atoms with Crippen LogP contribution in [0.3, 0.4) is 0 Å². The maximum Gasteiger partial charge on any atom is 0.223 e. The molecule has 1 aromatic heterocycles. The Morgan fingerprint density at radius 2 is 2.19 bits per heavy atom. The topological polar surface area (TPSA) is 94.5 Å². The van der Waals surface area contributed by atoms with Crippen molar-refractivity contribution in [3.05, 3.63) is 11.9 Å². The van der Waals surface area contributed by atoms with Crippen molar-refractivity contribution >= 4 is 5.91 Å². The summed E-state index contributed by atoms with van der Waals surface area (Å²) in [6.45, 7) is 3.52. The van der Waals surface area contributed by atoms with Crippen molar-refractivity contribution in [3.63, 3.8) is 0 Å². The third-order valence-corrected chi connectivity index (χ3v) is 4.64. The predicted molar refractivity (Wildman–Crippen MR) is 74.0 cm³/mol. The highest BCUT2D eigenvalue weighted by molar-refractivity contribution is 5.77. The Bertz CT molecular complexity index is 457. The highest BCUT2D eigenvalue weighted by Gasteiger charge is 2.35. The molecule has 2 aliphatic rings. The van der Waals surface area contributed by atoms with Crippen LogP contribution in [0, 0.1) is 11.8 Å². The summed E-state index contributed by atoms with van der Waals surface area (Å²) in [6, 6.07) is 0. The molecule has 0 unspecified atom stereocenters. The Hall–Kier alpha value is -1.47. The molecule has 0 spiro atoms. The van der Waals surface area contributed by atoms with Gasteiger partial charge in [0, 0.05) is 13.2 Å². The Morgan fingerprint density at radius 1 is 1.38 bits per heavy atom. The first kappa shape index (κ1) is 14.5. The number of aromatic nitrogens is 2. The molecule has 0 radical (unpaired) electrons. The summed E-state index contributed by atoms with van der Waals surface area (Å²) < 4.78 is 10.3. The lowest BCUT2D eigenvalue weighted by Gasteiger charge is -2.32. The molecule has 3 rings (SSSR count). The molecule has 2 saturated heterocycles. The molecule has 0 aromatic carbocycles. The predicted octanol–water partition coefficient (Wildman–Crippen LogP) is 0.562. The molecule has 0 aliphatic carbocycles. The summed E-state index contributed by atoms with van der Waals surface area (Å²) >= 11 is 0. The normalized spacial score (nSPS) is 28.0. The van der Waals surface area contributed by atoms with Gasteiger partial charge in [-0.25, -0.2) is 4.63 Å². The quantitative estimate of drug-likeness (QED) is 0.852. The first-order valence-corrected chi connectivity index (χ1v) is 7.62. The monoisotopic (exact) mass is 294 g/mol. The van der Waals surface area contributed by atoms with Gasteiger partial charge in [-0.15, -0.1) is 0 Å². The number of ether oxygens (including phenoxy) is 1. The van der Waals surface area contributed by atoms with Gasteiger partial charge in [0.1, 0.15) is 5.69 Å². The molecular weight excluding hydrogens is 272 g/mol. The van der Waals surface area contributed by atoms with Gasteiger partial charge >= 0.3 is 0 Å². The van der Waals surface area contributed by atoms with Crippen molar-refractivity contribution in [2.45, 2.75) is 38.3 Å². The second kappa shape index (κ2) is 6.53. The van der Waals surface area contributed by atoms with Crippen LogP contribution >= 0.6 is 0 Å². The van der Waals surface area contributed by atoms with Crippen LogP contribution in [-0.4, -0.2) is 46.9 Å². The van der Waals surface area contributed by atoms with Crippen molar-refractivity contribution in [2.75, 3.05) is 19.7 Å². The molecule has 3 heterocycles. The van der Waals surface area contributed by atoms with Gasteiger partial charge in [0.15, 0.2) is 0 Å². The van der Waals surface area contributed by atoms with E-state index < -0.39 is 0 Å². The summed E-state index contributed by atoms with van der Waals surface area (Å²) in [5.41, 5.74) is 6.32. The molecule has 0 bridgehead atoms. The molecule has 1 aromatic rings. The van der Waals surface area contributed by atoms with Gasteiger partial charge in [0.05, 0.1) is 18.2 Å². The van der Waals surface area contributed by atoms with E-state index in [-0.39, 0.29) is 17.9 Å². The summed E-state index contributed by atoms with van der Waals surface area (Å²) in [5, 5.41) is 7.47. The van der Waals surface area contributed by atoms with Gasteiger partial charge in [-0.05, 0) is 44.7 Å². The van der Waals surface area contributed by atoms with Crippen LogP contribution in [-0.2, 0) is 16.1 Å². The number of nitrogens with zero attached hydrogens (tertiary/aromatic N) is 3. The molecule has 2 N–H and O–H groups in total. The van der Waals surface area contributed by atoms with E-state index >= 15 is 0 Å². The number of rotatable bonds is 5. The number of piperidine rings is 1. The Balaban J connectivity index is 1.44. The molecular formula is C14H22N4O3. The van der Waals surface area contributed by atoms with E-state index in [2.05, 4.69) is 19.8 Å². The van der Waals surface area contributed by atoms with E-state index in [1.807, 2.05) is 0 Å². The third-order valence-electron chi connectivity index (χ3n) is 4.64. The van der Waals surface area contributed by atoms with Crippen molar-refractivity contribution < 1.29 is 14.2 Å². The number of carbonyl (C=O) groups is 1. The maximum atomic E-state index is 11.4. The summed E-state index contributed by atoms with van der Waals surface area (Å²) in [7, 11) is 0. The first-order chi connectivity index (χ1) is 10.2. The van der Waals surface area contributed by atoms with Gasteiger partial charge in [-0.1, -0.05) is 10.3 Å². The van der Waals surface area contributed by atoms with Crippen molar-refractivity contribution in [1.82, 2.24) is 15.2 Å². The van der Waals surface area contributed by atoms with Crippen molar-refractivity contribution in [2.24, 2.45) is 17.6 Å². The summed E-state index contributed by atoms with van der Waals surface area (Å²) in [5.74, 6) is 0.305. The molecule has 0 saturated carbocycles. The third kappa shape index (κ3) is 3.59. The van der Waals surface area contributed by atoms with Gasteiger partial charge in [0.2, 0.25) is 5.91 Å². The number of carbonyl (C=O) groups excluding carboxylic acids is 1. The SMILES string of the molecule is NC(=O)[C@@H]1CCO[C@@H]1CC1CCN(Cc2cnon2)CC1. The standard InChI is InChI=1S/C14H22N4O3/c15-14(19)12-3-6-20-13(12)7-10-1-4-18(5-2-10)9-11-8-16-21-17-11/h8,10,12-13H,1-7,9H2,(H2,15,19)/t12-,13-/m1/s1. The van der Waals surface area contributed by atoms with Crippen LogP contribution in [0.1, 0.15) is 31.4 Å². The van der Waals surface area contributed by atoms with Gasteiger partial charge in [-0.3, -0.25) is 9.69 Å². The largest absolute Gasteiger partial charge is 0.377 e. The minimum absolute atomic E-state index is 0.0267. The van der Waals surface area contributed by atoms with Crippen LogP contribution in [0.15, 0.2) is 10.8 Å². The highest BCUT2D eigenvalue weighted by atomic mass is 16.6. The molecule has 21 heavy (non-hydrogen) atoms. The highest BCUT2D eigenvalue weighted by Crippen LogP contribution is 2.30. The lowest BCUT2D eigenvalue weighted by molar-refractivity contribution is -0.123. The number of hydrogen-bond acceptors (Lipinski definition) is 6. The molecule has 2 aliphatic heterocycles. The number of amides is 1. The fraction of sp³-hybridized carbons (Fsp3) is 0.786. The average Bonchev–Trinajstić information content (AvgIpc) is 3.12. The van der Waals surface area contributed by atoms with E-state index in [0.29, 0.717) is 12.5 Å². The minimum atomic E-state index is -0.214. The zero-order valence-corrected chi connectivity index (χ0v) is 12.1. The number of hydrogen-bond donors (Lipinski definition) is 1. The fourth-order valence-electron chi connectivity index (χ4n) is 3.40. The second-order valence-electron chi connectivity index (χ2n) is 6.06. The van der Waals surface area contributed by atoms with E-state index in [9.17, 15) is 4.79 Å². The fourth-order valence-corrected chi connectivity index (χ4v) is 3.40. The molecule has 2 atom stereocenters. The molecule has 116 valence electrons. The molecule has 1 amide bonds. The van der Waals surface area contributed by atoms with Crippen LogP contribution < -0.4 is 5.73 Å². The smallest absolute Gasteiger partial charge is 0.223 e. The number of primary amides is 1. The second-order valence-corrected chi connectivity index (χ2v) is 6.06. The Morgan fingerprint density at radius 3 is 2.86 bits per heavy atom. The van der Waals surface area contributed by atoms with Crippen LogP contribution in [0.5, 0.6) is 0 Å². The molecule has 2 fully saturated rings. The van der Waals surface area contributed by atoms with Crippen molar-refractivity contribution in [1.29, 1.82) is 0 Å². The van der Waals surface area contributed by atoms with Gasteiger partial charge in [0.25, 0.3) is 0 Å². The van der Waals surface area contributed by atoms with Crippen LogP contribution in [0.2, 0.25) is 0 Å². The maximum absolute atomic E-state index is 11.4. The van der Waals surface area contributed by atoms with E-state index in [0.717, 1.165) is 51.0 Å². The van der Waals surface area contributed by atoms with E-state index in [1.165, 1.54) is 0 Å². The van der Waals surface area contributed by atoms with E-state index in [4.69, 9.17) is 10.5 Å². The number of likely N-dealkylation sites (tertiary alicyclic amines) is 1. The Kier molecular flexibility index (Phi) is 4.50. The number of nitrogens with two attached hydrogens (primary N) is 1. The Labute approximate surface area is 123 Å². The lowest BCUT2D eigenvalue weighted by atomic mass is 9.86. The van der Waals surface area contributed by atoms with E-state index in [1.54, 1.807) is 6.20 Å². The van der Waals surface area contributed by atoms with Crippen molar-refractivity contribution in [3.8, 4) is 0 Å². The minimum Gasteiger partial charge on any atom is -0.377 e. The zero-order chi connectivity index (χ0) is 14.7. The van der Waals surface area contributed by atoms with Crippen LogP contribution in [0.4, 0.5) is 0 Å². The lowest BCUT2D eigenvalue weighted by Crippen LogP contribution is -2.36. The van der Waals surface area contributed by atoms with Crippen LogP contribution in [0.25, 0.3) is 0 Å².